The smallest absolute Gasteiger partial charge is 0.260 e. The monoisotopic (exact) mass is 310 g/mol. The molecule has 0 saturated heterocycles. The molecule has 0 radical (unpaired) electrons. The minimum Gasteiger partial charge on any atom is -0.371 e. The van der Waals surface area contributed by atoms with Crippen LogP contribution < -0.4 is 10.0 Å². The van der Waals surface area contributed by atoms with Crippen LogP contribution in [0.4, 0.5) is 5.82 Å². The summed E-state index contributed by atoms with van der Waals surface area (Å²) in [6.45, 7) is 4.57. The van der Waals surface area contributed by atoms with Crippen molar-refractivity contribution < 1.29 is 8.42 Å². The number of anilines is 1. The van der Waals surface area contributed by atoms with Crippen LogP contribution in [0.25, 0.3) is 5.65 Å². The van der Waals surface area contributed by atoms with Gasteiger partial charge in [0.1, 0.15) is 5.65 Å². The van der Waals surface area contributed by atoms with Crippen molar-refractivity contribution in [2.24, 2.45) is 5.92 Å². The van der Waals surface area contributed by atoms with Crippen molar-refractivity contribution in [3.63, 3.8) is 0 Å². The quantitative estimate of drug-likeness (QED) is 0.821. The van der Waals surface area contributed by atoms with E-state index in [1.165, 1.54) is 0 Å². The van der Waals surface area contributed by atoms with Gasteiger partial charge >= 0.3 is 0 Å². The molecule has 6 nitrogen and oxygen atoms in total. The van der Waals surface area contributed by atoms with Crippen molar-refractivity contribution in [3.8, 4) is 0 Å². The number of pyridine rings is 1. The van der Waals surface area contributed by atoms with Gasteiger partial charge in [0.25, 0.3) is 10.0 Å². The highest BCUT2D eigenvalue weighted by atomic mass is 32.2. The molecule has 0 bridgehead atoms. The molecule has 2 aromatic heterocycles. The van der Waals surface area contributed by atoms with Crippen LogP contribution in [0.1, 0.15) is 26.7 Å². The van der Waals surface area contributed by atoms with E-state index >= 15 is 0 Å². The first-order valence-corrected chi connectivity index (χ1v) is 8.66. The highest BCUT2D eigenvalue weighted by molar-refractivity contribution is 7.89. The first kappa shape index (κ1) is 15.8. The number of nitrogens with one attached hydrogen (secondary N) is 2. The van der Waals surface area contributed by atoms with Gasteiger partial charge in [-0.05, 0) is 18.1 Å². The minimum atomic E-state index is -3.61. The molecule has 0 aromatic carbocycles. The number of rotatable bonds is 7. The summed E-state index contributed by atoms with van der Waals surface area (Å²) in [6, 6.07) is 5.39. The maximum atomic E-state index is 12.6. The van der Waals surface area contributed by atoms with E-state index in [1.54, 1.807) is 29.8 Å². The molecule has 0 spiro atoms. The van der Waals surface area contributed by atoms with Crippen LogP contribution in [-0.2, 0) is 10.0 Å². The molecule has 2 aromatic rings. The van der Waals surface area contributed by atoms with Crippen molar-refractivity contribution >= 4 is 21.5 Å². The first-order valence-electron chi connectivity index (χ1n) is 7.18. The summed E-state index contributed by atoms with van der Waals surface area (Å²) in [5.41, 5.74) is 0.602. The number of hydrogen-bond donors (Lipinski definition) is 2. The SMILES string of the molecule is CCC(CC)CNS(=O)(=O)c1c(NC)nc2ccccn12. The van der Waals surface area contributed by atoms with Gasteiger partial charge in [0, 0.05) is 19.8 Å². The first-order chi connectivity index (χ1) is 10.0. The standard InChI is InChI=1S/C14H22N4O2S/c1-4-11(5-2)10-16-21(19,20)14-13(15-3)17-12-8-6-7-9-18(12)14/h6-9,11,15-16H,4-5,10H2,1-3H3. The predicted octanol–water partition coefficient (Wildman–Crippen LogP) is 2.09. The lowest BCUT2D eigenvalue weighted by molar-refractivity contribution is 0.478. The van der Waals surface area contributed by atoms with Gasteiger partial charge in [0.15, 0.2) is 10.8 Å². The second-order valence-electron chi connectivity index (χ2n) is 4.98. The zero-order chi connectivity index (χ0) is 15.5. The molecule has 21 heavy (non-hydrogen) atoms. The van der Waals surface area contributed by atoms with Gasteiger partial charge in [-0.1, -0.05) is 32.8 Å². The second-order valence-corrected chi connectivity index (χ2v) is 6.66. The maximum Gasteiger partial charge on any atom is 0.260 e. The largest absolute Gasteiger partial charge is 0.371 e. The van der Waals surface area contributed by atoms with Crippen LogP contribution in [-0.4, -0.2) is 31.4 Å². The van der Waals surface area contributed by atoms with Gasteiger partial charge in [-0.25, -0.2) is 18.1 Å². The van der Waals surface area contributed by atoms with Gasteiger partial charge in [-0.3, -0.25) is 4.40 Å². The number of sulfonamides is 1. The molecule has 116 valence electrons. The topological polar surface area (TPSA) is 75.5 Å². The van der Waals surface area contributed by atoms with E-state index in [4.69, 9.17) is 0 Å². The van der Waals surface area contributed by atoms with Crippen LogP contribution in [0.5, 0.6) is 0 Å². The molecule has 2 N–H and O–H groups in total. The number of imidazole rings is 1. The fourth-order valence-electron chi connectivity index (χ4n) is 2.27. The Hall–Kier alpha value is -1.60. The Morgan fingerprint density at radius 1 is 1.29 bits per heavy atom. The maximum absolute atomic E-state index is 12.6. The van der Waals surface area contributed by atoms with E-state index in [1.807, 2.05) is 6.07 Å². The highest BCUT2D eigenvalue weighted by Crippen LogP contribution is 2.22. The van der Waals surface area contributed by atoms with Gasteiger partial charge in [0.05, 0.1) is 0 Å². The Bertz CT molecular complexity index is 705. The predicted molar refractivity (Wildman–Crippen MR) is 84.0 cm³/mol. The van der Waals surface area contributed by atoms with Crippen LogP contribution >= 0.6 is 0 Å². The van der Waals surface area contributed by atoms with Crippen LogP contribution in [0.2, 0.25) is 0 Å². The van der Waals surface area contributed by atoms with Crippen molar-refractivity contribution in [1.82, 2.24) is 14.1 Å². The van der Waals surface area contributed by atoms with E-state index < -0.39 is 10.0 Å². The van der Waals surface area contributed by atoms with E-state index in [-0.39, 0.29) is 5.03 Å². The summed E-state index contributed by atoms with van der Waals surface area (Å²) < 4.78 is 29.5. The lowest BCUT2D eigenvalue weighted by Gasteiger charge is -2.14. The minimum absolute atomic E-state index is 0.159. The summed E-state index contributed by atoms with van der Waals surface area (Å²) in [5, 5.41) is 3.01. The molecule has 0 fully saturated rings. The third kappa shape index (κ3) is 3.19. The van der Waals surface area contributed by atoms with Crippen molar-refractivity contribution in [1.29, 1.82) is 0 Å². The molecule has 0 unspecified atom stereocenters. The van der Waals surface area contributed by atoms with Crippen LogP contribution in [0.3, 0.4) is 0 Å². The Balaban J connectivity index is 2.39. The summed E-state index contributed by atoms with van der Waals surface area (Å²) in [6.07, 6.45) is 3.60. The Morgan fingerprint density at radius 2 is 2.00 bits per heavy atom. The molecule has 0 atom stereocenters. The molecule has 0 saturated carbocycles. The third-order valence-corrected chi connectivity index (χ3v) is 5.14. The zero-order valence-corrected chi connectivity index (χ0v) is 13.4. The van der Waals surface area contributed by atoms with Crippen molar-refractivity contribution in [2.45, 2.75) is 31.7 Å². The van der Waals surface area contributed by atoms with E-state index in [0.717, 1.165) is 12.8 Å². The van der Waals surface area contributed by atoms with Crippen LogP contribution in [0, 0.1) is 5.92 Å². The average molecular weight is 310 g/mol. The number of hydrogen-bond acceptors (Lipinski definition) is 4. The average Bonchev–Trinajstić information content (AvgIpc) is 2.87. The summed E-state index contributed by atoms with van der Waals surface area (Å²) >= 11 is 0. The number of nitrogens with zero attached hydrogens (tertiary/aromatic N) is 2. The summed E-state index contributed by atoms with van der Waals surface area (Å²) in [7, 11) is -1.95. The number of fused-ring (bicyclic) bond motifs is 1. The summed E-state index contributed by atoms with van der Waals surface area (Å²) in [4.78, 5) is 4.30. The van der Waals surface area contributed by atoms with Crippen LogP contribution in [0.15, 0.2) is 29.4 Å². The van der Waals surface area contributed by atoms with Gasteiger partial charge in [0.2, 0.25) is 0 Å². The van der Waals surface area contributed by atoms with Crippen molar-refractivity contribution in [3.05, 3.63) is 24.4 Å². The molecule has 7 heteroatoms. The summed E-state index contributed by atoms with van der Waals surface area (Å²) in [5.74, 6) is 0.704. The lowest BCUT2D eigenvalue weighted by Crippen LogP contribution is -2.30. The fraction of sp³-hybridized carbons (Fsp3) is 0.500. The zero-order valence-electron chi connectivity index (χ0n) is 12.6. The second kappa shape index (κ2) is 6.44. The Kier molecular flexibility index (Phi) is 4.84. The van der Waals surface area contributed by atoms with E-state index in [9.17, 15) is 8.42 Å². The Labute approximate surface area is 125 Å². The molecule has 0 aliphatic carbocycles. The molecule has 2 rings (SSSR count). The molecule has 0 aliphatic heterocycles. The van der Waals surface area contributed by atoms with E-state index in [2.05, 4.69) is 28.9 Å². The molecular formula is C14H22N4O2S. The molecule has 0 amide bonds. The Morgan fingerprint density at radius 3 is 2.62 bits per heavy atom. The van der Waals surface area contributed by atoms with E-state index in [0.29, 0.717) is 23.9 Å². The van der Waals surface area contributed by atoms with Gasteiger partial charge in [-0.2, -0.15) is 0 Å². The normalized spacial score (nSPS) is 12.2. The number of aromatic nitrogens is 2. The molecular weight excluding hydrogens is 288 g/mol. The fourth-order valence-corrected chi connectivity index (χ4v) is 3.67. The van der Waals surface area contributed by atoms with Gasteiger partial charge < -0.3 is 5.32 Å². The lowest BCUT2D eigenvalue weighted by atomic mass is 10.0. The molecule has 2 heterocycles. The van der Waals surface area contributed by atoms with Crippen molar-refractivity contribution in [2.75, 3.05) is 18.9 Å². The van der Waals surface area contributed by atoms with Gasteiger partial charge in [-0.15, -0.1) is 0 Å². The third-order valence-electron chi connectivity index (χ3n) is 3.69. The molecule has 0 aliphatic rings. The highest BCUT2D eigenvalue weighted by Gasteiger charge is 2.25.